The maximum atomic E-state index is 13.5. The van der Waals surface area contributed by atoms with Gasteiger partial charge < -0.3 is 57.4 Å². The van der Waals surface area contributed by atoms with E-state index in [0.717, 1.165) is 0 Å². The molecule has 0 saturated carbocycles. The van der Waals surface area contributed by atoms with Crippen molar-refractivity contribution in [2.75, 3.05) is 139 Å². The van der Waals surface area contributed by atoms with E-state index in [9.17, 15) is 27.2 Å². The minimum atomic E-state index is -1.80. The number of ether oxygens (including phenoxy) is 11. The summed E-state index contributed by atoms with van der Waals surface area (Å²) < 4.78 is 111. The Bertz CT molecular complexity index is 926. The van der Waals surface area contributed by atoms with Crippen LogP contribution in [-0.2, 0) is 57.0 Å². The maximum absolute atomic E-state index is 13.5. The second kappa shape index (κ2) is 31.7. The number of esters is 1. The number of nitrogens with one attached hydrogen (secondary N) is 1. The molecule has 0 fully saturated rings. The summed E-state index contributed by atoms with van der Waals surface area (Å²) in [7, 11) is 0. The first kappa shape index (κ1) is 43.5. The number of hydrogen-bond donors (Lipinski definition) is 1. The molecule has 0 heterocycles. The van der Waals surface area contributed by atoms with Crippen molar-refractivity contribution in [1.29, 1.82) is 0 Å². The van der Waals surface area contributed by atoms with Gasteiger partial charge in [-0.2, -0.15) is 8.78 Å². The number of hydrogen-bond acceptors (Lipinski definition) is 13. The molecule has 0 aliphatic heterocycles. The van der Waals surface area contributed by atoms with Gasteiger partial charge in [-0.05, 0) is 0 Å². The van der Waals surface area contributed by atoms with Gasteiger partial charge in [-0.3, -0.25) is 9.59 Å². The van der Waals surface area contributed by atoms with Crippen molar-refractivity contribution >= 4 is 12.4 Å². The van der Waals surface area contributed by atoms with E-state index in [1.807, 2.05) is 0 Å². The van der Waals surface area contributed by atoms with E-state index in [1.165, 1.54) is 0 Å². The average molecular weight is 706 g/mol. The summed E-state index contributed by atoms with van der Waals surface area (Å²) in [5.41, 5.74) is 0. The Balaban J connectivity index is 1.73. The molecule has 0 spiro atoms. The summed E-state index contributed by atoms with van der Waals surface area (Å²) >= 11 is 0. The Morgan fingerprint density at radius 3 is 1.10 bits per heavy atom. The highest BCUT2D eigenvalue weighted by atomic mass is 19.2. The van der Waals surface area contributed by atoms with Crippen molar-refractivity contribution in [3.05, 3.63) is 29.3 Å². The SMILES string of the molecule is O=CNCCOCCOCCOCCOCCOCCOCCOCCOCCOCCOCCC(=O)Oc1c(F)c(F)cc(F)c1F. The quantitative estimate of drug-likeness (QED) is 0.0272. The number of amides is 1. The van der Waals surface area contributed by atoms with E-state index in [-0.39, 0.29) is 25.9 Å². The summed E-state index contributed by atoms with van der Waals surface area (Å²) in [6.07, 6.45) is 0.233. The number of benzene rings is 1. The Morgan fingerprint density at radius 2 is 0.792 bits per heavy atom. The first-order chi connectivity index (χ1) is 23.5. The molecule has 0 aliphatic carbocycles. The zero-order chi connectivity index (χ0) is 34.9. The predicted octanol–water partition coefficient (Wildman–Crippen LogP) is 1.45. The molecular formula is C30H47F4NO13. The fourth-order valence-corrected chi connectivity index (χ4v) is 3.23. The Kier molecular flexibility index (Phi) is 28.8. The lowest BCUT2D eigenvalue weighted by atomic mass is 10.3. The largest absolute Gasteiger partial charge is 0.420 e. The zero-order valence-corrected chi connectivity index (χ0v) is 27.0. The van der Waals surface area contributed by atoms with Gasteiger partial charge in [0.05, 0.1) is 139 Å². The van der Waals surface area contributed by atoms with E-state index in [2.05, 4.69) is 10.1 Å². The van der Waals surface area contributed by atoms with E-state index >= 15 is 0 Å². The summed E-state index contributed by atoms with van der Waals surface area (Å²) in [5.74, 6) is -9.49. The van der Waals surface area contributed by atoms with Crippen molar-refractivity contribution in [3.8, 4) is 5.75 Å². The average Bonchev–Trinajstić information content (AvgIpc) is 3.08. The molecule has 1 aromatic carbocycles. The van der Waals surface area contributed by atoms with Crippen LogP contribution < -0.4 is 10.1 Å². The third-order valence-corrected chi connectivity index (χ3v) is 5.56. The molecule has 0 atom stereocenters. The number of halogens is 4. The zero-order valence-electron chi connectivity index (χ0n) is 27.0. The maximum Gasteiger partial charge on any atom is 0.313 e. The second-order valence-electron chi connectivity index (χ2n) is 9.22. The van der Waals surface area contributed by atoms with Crippen LogP contribution in [0.3, 0.4) is 0 Å². The van der Waals surface area contributed by atoms with Crippen LogP contribution in [-0.4, -0.2) is 151 Å². The molecule has 18 heteroatoms. The van der Waals surface area contributed by atoms with Gasteiger partial charge in [-0.1, -0.05) is 0 Å². The molecule has 0 saturated heterocycles. The lowest BCUT2D eigenvalue weighted by Gasteiger charge is -2.09. The predicted molar refractivity (Wildman–Crippen MR) is 159 cm³/mol. The third-order valence-electron chi connectivity index (χ3n) is 5.56. The minimum Gasteiger partial charge on any atom is -0.420 e. The first-order valence-electron chi connectivity index (χ1n) is 15.5. The molecule has 48 heavy (non-hydrogen) atoms. The monoisotopic (exact) mass is 705 g/mol. The minimum absolute atomic E-state index is 0.0159. The van der Waals surface area contributed by atoms with Gasteiger partial charge in [-0.15, -0.1) is 0 Å². The fraction of sp³-hybridized carbons (Fsp3) is 0.733. The van der Waals surface area contributed by atoms with Crippen LogP contribution in [0.15, 0.2) is 6.07 Å². The lowest BCUT2D eigenvalue weighted by Crippen LogP contribution is -2.19. The topological polar surface area (TPSA) is 148 Å². The lowest BCUT2D eigenvalue weighted by molar-refractivity contribution is -0.136. The van der Waals surface area contributed by atoms with Gasteiger partial charge in [-0.25, -0.2) is 8.78 Å². The van der Waals surface area contributed by atoms with Crippen LogP contribution in [0.1, 0.15) is 6.42 Å². The van der Waals surface area contributed by atoms with Gasteiger partial charge in [0.1, 0.15) is 0 Å². The number of rotatable bonds is 35. The van der Waals surface area contributed by atoms with Crippen molar-refractivity contribution < 1.29 is 79.3 Å². The van der Waals surface area contributed by atoms with Gasteiger partial charge in [0.2, 0.25) is 23.8 Å². The number of carbonyl (C=O) groups excluding carboxylic acids is 2. The standard InChI is InChI=1S/C30H47F4NO13/c31-25-23-26(32)29(34)30(28(25)33)48-27(37)1-3-38-5-7-40-9-11-42-13-15-44-17-19-46-21-22-47-20-18-45-16-14-43-12-10-41-8-6-39-4-2-35-24-36/h23-24H,1-22H2,(H,35,36). The molecule has 1 aromatic rings. The highest BCUT2D eigenvalue weighted by Crippen LogP contribution is 2.26. The van der Waals surface area contributed by atoms with Crippen LogP contribution in [0.2, 0.25) is 0 Å². The van der Waals surface area contributed by atoms with Crippen LogP contribution in [0.5, 0.6) is 5.75 Å². The smallest absolute Gasteiger partial charge is 0.313 e. The van der Waals surface area contributed by atoms with E-state index in [4.69, 9.17) is 47.4 Å². The van der Waals surface area contributed by atoms with E-state index in [0.29, 0.717) is 125 Å². The summed E-state index contributed by atoms with van der Waals surface area (Å²) in [6.45, 7) is 7.90. The van der Waals surface area contributed by atoms with Gasteiger partial charge >= 0.3 is 5.97 Å². The summed E-state index contributed by atoms with van der Waals surface area (Å²) in [4.78, 5) is 21.7. The van der Waals surface area contributed by atoms with Crippen molar-refractivity contribution in [2.24, 2.45) is 0 Å². The van der Waals surface area contributed by atoms with Gasteiger partial charge in [0, 0.05) is 12.6 Å². The molecule has 0 bridgehead atoms. The highest BCUT2D eigenvalue weighted by Gasteiger charge is 2.22. The first-order valence-corrected chi connectivity index (χ1v) is 15.5. The highest BCUT2D eigenvalue weighted by molar-refractivity contribution is 5.72. The van der Waals surface area contributed by atoms with Crippen molar-refractivity contribution in [2.45, 2.75) is 6.42 Å². The Morgan fingerprint density at radius 1 is 0.500 bits per heavy atom. The Hall–Kier alpha value is -2.52. The summed E-state index contributed by atoms with van der Waals surface area (Å²) in [6, 6.07) is 0.0159. The van der Waals surface area contributed by atoms with Crippen molar-refractivity contribution in [1.82, 2.24) is 5.32 Å². The molecule has 1 amide bonds. The van der Waals surface area contributed by atoms with Crippen LogP contribution in [0, 0.1) is 23.3 Å². The molecule has 278 valence electrons. The summed E-state index contributed by atoms with van der Waals surface area (Å²) in [5, 5.41) is 2.50. The molecule has 0 aromatic heterocycles. The molecule has 1 N–H and O–H groups in total. The Labute approximate surface area is 277 Å². The van der Waals surface area contributed by atoms with Gasteiger partial charge in [0.15, 0.2) is 11.6 Å². The molecular weight excluding hydrogens is 658 g/mol. The van der Waals surface area contributed by atoms with Gasteiger partial charge in [0.25, 0.3) is 0 Å². The van der Waals surface area contributed by atoms with E-state index in [1.54, 1.807) is 0 Å². The van der Waals surface area contributed by atoms with Crippen LogP contribution in [0.4, 0.5) is 17.6 Å². The van der Waals surface area contributed by atoms with Crippen LogP contribution >= 0.6 is 0 Å². The van der Waals surface area contributed by atoms with Crippen LogP contribution in [0.25, 0.3) is 0 Å². The normalized spacial score (nSPS) is 11.2. The molecule has 1 rings (SSSR count). The molecule has 0 aliphatic rings. The second-order valence-corrected chi connectivity index (χ2v) is 9.22. The molecule has 0 unspecified atom stereocenters. The number of carbonyl (C=O) groups is 2. The van der Waals surface area contributed by atoms with E-state index < -0.39 is 41.4 Å². The fourth-order valence-electron chi connectivity index (χ4n) is 3.23. The third kappa shape index (κ3) is 24.6. The molecule has 14 nitrogen and oxygen atoms in total. The molecule has 0 radical (unpaired) electrons. The van der Waals surface area contributed by atoms with Crippen molar-refractivity contribution in [3.63, 3.8) is 0 Å².